The summed E-state index contributed by atoms with van der Waals surface area (Å²) < 4.78 is 5.00. The molecule has 0 saturated heterocycles. The SMILES string of the molecule is CC.CC.COc1cc(C(=O)O)cc(/C=C(/C)N)c1N. The van der Waals surface area contributed by atoms with Crippen molar-refractivity contribution in [3.8, 4) is 5.75 Å². The van der Waals surface area contributed by atoms with Gasteiger partial charge in [0.1, 0.15) is 5.75 Å². The number of aromatic carboxylic acids is 1. The van der Waals surface area contributed by atoms with E-state index in [1.54, 1.807) is 13.0 Å². The monoisotopic (exact) mass is 282 g/mol. The van der Waals surface area contributed by atoms with Crippen molar-refractivity contribution >= 4 is 17.7 Å². The molecule has 5 N–H and O–H groups in total. The van der Waals surface area contributed by atoms with Gasteiger partial charge in [0.05, 0.1) is 18.4 Å². The Morgan fingerprint density at radius 3 is 2.10 bits per heavy atom. The number of benzene rings is 1. The van der Waals surface area contributed by atoms with E-state index in [4.69, 9.17) is 21.3 Å². The predicted molar refractivity (Wildman–Crippen MR) is 84.9 cm³/mol. The summed E-state index contributed by atoms with van der Waals surface area (Å²) in [7, 11) is 1.43. The Morgan fingerprint density at radius 1 is 1.25 bits per heavy atom. The molecule has 5 nitrogen and oxygen atoms in total. The molecular formula is C15H26N2O3. The lowest BCUT2D eigenvalue weighted by Gasteiger charge is -2.09. The third-order valence-electron chi connectivity index (χ3n) is 2.02. The topological polar surface area (TPSA) is 98.6 Å². The third kappa shape index (κ3) is 6.13. The van der Waals surface area contributed by atoms with Crippen LogP contribution in [0.2, 0.25) is 0 Å². The summed E-state index contributed by atoms with van der Waals surface area (Å²) in [6.07, 6.45) is 1.60. The van der Waals surface area contributed by atoms with E-state index in [0.717, 1.165) is 0 Å². The Labute approximate surface area is 121 Å². The van der Waals surface area contributed by atoms with Gasteiger partial charge in [0, 0.05) is 11.3 Å². The van der Waals surface area contributed by atoms with Crippen molar-refractivity contribution in [2.24, 2.45) is 5.73 Å². The number of hydrogen-bond acceptors (Lipinski definition) is 4. The van der Waals surface area contributed by atoms with Crippen LogP contribution >= 0.6 is 0 Å². The quantitative estimate of drug-likeness (QED) is 0.738. The van der Waals surface area contributed by atoms with E-state index in [9.17, 15) is 4.79 Å². The number of carbonyl (C=O) groups is 1. The lowest BCUT2D eigenvalue weighted by atomic mass is 10.1. The molecule has 0 radical (unpaired) electrons. The molecule has 114 valence electrons. The summed E-state index contributed by atoms with van der Waals surface area (Å²) in [5, 5.41) is 8.91. The van der Waals surface area contributed by atoms with E-state index >= 15 is 0 Å². The minimum Gasteiger partial charge on any atom is -0.495 e. The number of methoxy groups -OCH3 is 1. The smallest absolute Gasteiger partial charge is 0.335 e. The number of carboxylic acids is 1. The Morgan fingerprint density at radius 2 is 1.75 bits per heavy atom. The van der Waals surface area contributed by atoms with E-state index in [-0.39, 0.29) is 5.56 Å². The van der Waals surface area contributed by atoms with Gasteiger partial charge in [-0.25, -0.2) is 4.79 Å². The first-order valence-electron chi connectivity index (χ1n) is 6.60. The highest BCUT2D eigenvalue weighted by Crippen LogP contribution is 2.28. The molecule has 20 heavy (non-hydrogen) atoms. The number of nitrogens with two attached hydrogens (primary N) is 2. The lowest BCUT2D eigenvalue weighted by Crippen LogP contribution is -2.03. The average Bonchev–Trinajstić information content (AvgIpc) is 2.44. The summed E-state index contributed by atoms with van der Waals surface area (Å²) in [5.41, 5.74) is 12.9. The second kappa shape index (κ2) is 10.7. The molecule has 1 aromatic carbocycles. The van der Waals surface area contributed by atoms with E-state index in [1.807, 2.05) is 27.7 Å². The zero-order valence-corrected chi connectivity index (χ0v) is 13.2. The normalized spacial score (nSPS) is 9.60. The second-order valence-electron chi connectivity index (χ2n) is 3.37. The van der Waals surface area contributed by atoms with Gasteiger partial charge in [-0.2, -0.15) is 0 Å². The van der Waals surface area contributed by atoms with Gasteiger partial charge in [-0.1, -0.05) is 27.7 Å². The number of anilines is 1. The summed E-state index contributed by atoms with van der Waals surface area (Å²) >= 11 is 0. The molecule has 0 aromatic heterocycles. The average molecular weight is 282 g/mol. The van der Waals surface area contributed by atoms with Crippen LogP contribution in [-0.4, -0.2) is 18.2 Å². The number of ether oxygens (including phenoxy) is 1. The van der Waals surface area contributed by atoms with E-state index in [0.29, 0.717) is 22.7 Å². The van der Waals surface area contributed by atoms with Crippen molar-refractivity contribution in [2.75, 3.05) is 12.8 Å². The maximum Gasteiger partial charge on any atom is 0.335 e. The molecule has 1 rings (SSSR count). The third-order valence-corrected chi connectivity index (χ3v) is 2.02. The molecule has 0 amide bonds. The lowest BCUT2D eigenvalue weighted by molar-refractivity contribution is 0.0696. The van der Waals surface area contributed by atoms with Gasteiger partial charge in [0.15, 0.2) is 0 Å². The Balaban J connectivity index is 0. The van der Waals surface area contributed by atoms with Gasteiger partial charge < -0.3 is 21.3 Å². The van der Waals surface area contributed by atoms with Gasteiger partial charge in [0.25, 0.3) is 0 Å². The van der Waals surface area contributed by atoms with Crippen LogP contribution in [0.25, 0.3) is 6.08 Å². The number of hydrogen-bond donors (Lipinski definition) is 3. The molecular weight excluding hydrogens is 256 g/mol. The highest BCUT2D eigenvalue weighted by atomic mass is 16.5. The van der Waals surface area contributed by atoms with Crippen LogP contribution in [0.15, 0.2) is 17.8 Å². The van der Waals surface area contributed by atoms with Gasteiger partial charge in [0.2, 0.25) is 0 Å². The number of allylic oxidation sites excluding steroid dienone is 1. The maximum absolute atomic E-state index is 10.9. The first-order valence-corrected chi connectivity index (χ1v) is 6.60. The fourth-order valence-electron chi connectivity index (χ4n) is 1.31. The molecule has 0 fully saturated rings. The molecule has 0 bridgehead atoms. The second-order valence-corrected chi connectivity index (χ2v) is 3.37. The molecule has 0 aliphatic rings. The van der Waals surface area contributed by atoms with Crippen LogP contribution in [0.5, 0.6) is 5.75 Å². The van der Waals surface area contributed by atoms with Crippen LogP contribution in [0.1, 0.15) is 50.5 Å². The predicted octanol–water partition coefficient (Wildman–Crippen LogP) is 3.35. The minimum atomic E-state index is -1.04. The van der Waals surface area contributed by atoms with Gasteiger partial charge in [-0.3, -0.25) is 0 Å². The van der Waals surface area contributed by atoms with Crippen LogP contribution in [0, 0.1) is 0 Å². The van der Waals surface area contributed by atoms with Crippen molar-refractivity contribution in [3.63, 3.8) is 0 Å². The molecule has 0 aliphatic heterocycles. The minimum absolute atomic E-state index is 0.110. The van der Waals surface area contributed by atoms with Crippen molar-refractivity contribution in [2.45, 2.75) is 34.6 Å². The van der Waals surface area contributed by atoms with Crippen LogP contribution in [0.3, 0.4) is 0 Å². The molecule has 0 heterocycles. The summed E-state index contributed by atoms with van der Waals surface area (Å²) in [6.45, 7) is 9.69. The van der Waals surface area contributed by atoms with Crippen LogP contribution in [0.4, 0.5) is 5.69 Å². The van der Waals surface area contributed by atoms with Crippen molar-refractivity contribution in [3.05, 3.63) is 29.0 Å². The highest BCUT2D eigenvalue weighted by Gasteiger charge is 2.11. The van der Waals surface area contributed by atoms with Crippen LogP contribution in [-0.2, 0) is 0 Å². The number of carboxylic acid groups (broad SMARTS) is 1. The van der Waals surface area contributed by atoms with Gasteiger partial charge in [-0.15, -0.1) is 0 Å². The summed E-state index contributed by atoms with van der Waals surface area (Å²) in [5.74, 6) is -0.713. The zero-order valence-electron chi connectivity index (χ0n) is 13.2. The van der Waals surface area contributed by atoms with Crippen molar-refractivity contribution in [1.82, 2.24) is 0 Å². The maximum atomic E-state index is 10.9. The van der Waals surface area contributed by atoms with E-state index < -0.39 is 5.97 Å². The van der Waals surface area contributed by atoms with E-state index in [1.165, 1.54) is 19.2 Å². The molecule has 5 heteroatoms. The fourth-order valence-corrected chi connectivity index (χ4v) is 1.31. The molecule has 0 unspecified atom stereocenters. The van der Waals surface area contributed by atoms with Gasteiger partial charge >= 0.3 is 5.97 Å². The Bertz CT molecular complexity index is 451. The first kappa shape index (κ1) is 20.2. The molecule has 0 aliphatic carbocycles. The van der Waals surface area contributed by atoms with Crippen LogP contribution < -0.4 is 16.2 Å². The van der Waals surface area contributed by atoms with Crippen molar-refractivity contribution < 1.29 is 14.6 Å². The summed E-state index contributed by atoms with van der Waals surface area (Å²) in [4.78, 5) is 10.9. The Kier molecular flexibility index (Phi) is 10.8. The van der Waals surface area contributed by atoms with Gasteiger partial charge in [-0.05, 0) is 25.1 Å². The fraction of sp³-hybridized carbons (Fsp3) is 0.400. The molecule has 0 spiro atoms. The molecule has 0 saturated carbocycles. The van der Waals surface area contributed by atoms with Crippen molar-refractivity contribution in [1.29, 1.82) is 0 Å². The summed E-state index contributed by atoms with van der Waals surface area (Å²) in [6, 6.07) is 2.83. The largest absolute Gasteiger partial charge is 0.495 e. The highest BCUT2D eigenvalue weighted by molar-refractivity contribution is 5.91. The van der Waals surface area contributed by atoms with E-state index in [2.05, 4.69) is 0 Å². The zero-order chi connectivity index (χ0) is 16.3. The number of nitrogen functional groups attached to an aromatic ring is 1. The number of rotatable bonds is 3. The molecule has 1 aromatic rings. The standard InChI is InChI=1S/C11H14N2O3.2C2H6/c1-6(12)3-7-4-8(11(14)15)5-9(16-2)10(7)13;2*1-2/h3-5H,12-13H2,1-2H3,(H,14,15);2*1-2H3/b6-3-;;. The Hall–Kier alpha value is -2.17. The first-order chi connectivity index (χ1) is 9.45. The molecule has 0 atom stereocenters.